The Morgan fingerprint density at radius 3 is 2.84 bits per heavy atom. The first-order chi connectivity index (χ1) is 11.7. The van der Waals surface area contributed by atoms with Crippen molar-refractivity contribution in [3.05, 3.63) is 29.6 Å². The predicted molar refractivity (Wildman–Crippen MR) is 100 cm³/mol. The van der Waals surface area contributed by atoms with Crippen molar-refractivity contribution < 1.29 is 9.53 Å². The van der Waals surface area contributed by atoms with E-state index in [-0.39, 0.29) is 11.5 Å². The van der Waals surface area contributed by atoms with Crippen molar-refractivity contribution in [1.82, 2.24) is 15.2 Å². The molecule has 1 fully saturated rings. The Morgan fingerprint density at radius 1 is 1.44 bits per heavy atom. The number of nitrogens with one attached hydrogen (secondary N) is 1. The van der Waals surface area contributed by atoms with Crippen LogP contribution in [-0.2, 0) is 11.3 Å². The first-order valence-corrected chi connectivity index (χ1v) is 9.33. The van der Waals surface area contributed by atoms with Crippen molar-refractivity contribution in [2.45, 2.75) is 66.0 Å². The molecule has 140 valence electrons. The Morgan fingerprint density at radius 2 is 2.20 bits per heavy atom. The molecule has 0 aromatic carbocycles. The fourth-order valence-electron chi connectivity index (χ4n) is 3.39. The van der Waals surface area contributed by atoms with Crippen LogP contribution in [0.25, 0.3) is 0 Å². The standard InChI is InChI=1S/C20H33N3O2/c1-6-20(14-22-13-17-12-21-10-8-16(17)2)9-7-11-23(15-20)18(24)25-19(3,4)5/h8,10,12,22H,6-7,9,11,13-15H2,1-5H3. The summed E-state index contributed by atoms with van der Waals surface area (Å²) in [5, 5.41) is 3.59. The average Bonchev–Trinajstić information content (AvgIpc) is 2.55. The number of carbonyl (C=O) groups is 1. The molecule has 5 nitrogen and oxygen atoms in total. The smallest absolute Gasteiger partial charge is 0.410 e. The molecule has 2 rings (SSSR count). The molecular weight excluding hydrogens is 314 g/mol. The number of pyridine rings is 1. The van der Waals surface area contributed by atoms with Crippen LogP contribution >= 0.6 is 0 Å². The van der Waals surface area contributed by atoms with Gasteiger partial charge in [0.25, 0.3) is 0 Å². The SMILES string of the molecule is CCC1(CNCc2cnccc2C)CCCN(C(=O)OC(C)(C)C)C1. The molecule has 1 aliphatic heterocycles. The zero-order valence-electron chi connectivity index (χ0n) is 16.4. The van der Waals surface area contributed by atoms with E-state index in [1.54, 1.807) is 0 Å². The zero-order valence-corrected chi connectivity index (χ0v) is 16.4. The lowest BCUT2D eigenvalue weighted by Crippen LogP contribution is -2.51. The summed E-state index contributed by atoms with van der Waals surface area (Å²) in [7, 11) is 0. The van der Waals surface area contributed by atoms with E-state index in [1.807, 2.05) is 44.1 Å². The molecule has 5 heteroatoms. The van der Waals surface area contributed by atoms with Gasteiger partial charge in [0, 0.05) is 44.0 Å². The molecule has 1 unspecified atom stereocenters. The van der Waals surface area contributed by atoms with Crippen LogP contribution in [0.15, 0.2) is 18.5 Å². The number of aromatic nitrogens is 1. The maximum Gasteiger partial charge on any atom is 0.410 e. The van der Waals surface area contributed by atoms with Crippen molar-refractivity contribution >= 4 is 6.09 Å². The van der Waals surface area contributed by atoms with Crippen LogP contribution in [0.5, 0.6) is 0 Å². The number of amides is 1. The molecule has 25 heavy (non-hydrogen) atoms. The molecule has 1 aliphatic rings. The summed E-state index contributed by atoms with van der Waals surface area (Å²) in [6, 6.07) is 2.04. The van der Waals surface area contributed by atoms with Gasteiger partial charge in [0.15, 0.2) is 0 Å². The molecule has 1 saturated heterocycles. The number of piperidine rings is 1. The maximum atomic E-state index is 12.4. The fourth-order valence-corrected chi connectivity index (χ4v) is 3.39. The van der Waals surface area contributed by atoms with Crippen LogP contribution < -0.4 is 5.32 Å². The number of aryl methyl sites for hydroxylation is 1. The van der Waals surface area contributed by atoms with E-state index >= 15 is 0 Å². The number of likely N-dealkylation sites (tertiary alicyclic amines) is 1. The Bertz CT molecular complexity index is 583. The first-order valence-electron chi connectivity index (χ1n) is 9.33. The number of carbonyl (C=O) groups excluding carboxylic acids is 1. The van der Waals surface area contributed by atoms with Gasteiger partial charge in [-0.25, -0.2) is 4.79 Å². The topological polar surface area (TPSA) is 54.5 Å². The lowest BCUT2D eigenvalue weighted by Gasteiger charge is -2.43. The van der Waals surface area contributed by atoms with Gasteiger partial charge in [-0.05, 0) is 64.2 Å². The highest BCUT2D eigenvalue weighted by Gasteiger charge is 2.36. The second kappa shape index (κ2) is 8.17. The van der Waals surface area contributed by atoms with E-state index in [4.69, 9.17) is 4.74 Å². The van der Waals surface area contributed by atoms with E-state index in [0.717, 1.165) is 45.4 Å². The Kier molecular flexibility index (Phi) is 6.44. The molecule has 1 aromatic rings. The summed E-state index contributed by atoms with van der Waals surface area (Å²) in [6.45, 7) is 13.3. The molecule has 1 amide bonds. The first kappa shape index (κ1) is 19.7. The lowest BCUT2D eigenvalue weighted by atomic mass is 9.77. The monoisotopic (exact) mass is 347 g/mol. The van der Waals surface area contributed by atoms with Gasteiger partial charge in [0.2, 0.25) is 0 Å². The van der Waals surface area contributed by atoms with Crippen LogP contribution in [0.1, 0.15) is 58.1 Å². The molecule has 1 N–H and O–H groups in total. The van der Waals surface area contributed by atoms with Crippen molar-refractivity contribution in [2.75, 3.05) is 19.6 Å². The maximum absolute atomic E-state index is 12.4. The van der Waals surface area contributed by atoms with Gasteiger partial charge in [0.1, 0.15) is 5.60 Å². The Balaban J connectivity index is 1.94. The van der Waals surface area contributed by atoms with Crippen LogP contribution in [0.4, 0.5) is 4.79 Å². The summed E-state index contributed by atoms with van der Waals surface area (Å²) in [5.74, 6) is 0. The highest BCUT2D eigenvalue weighted by atomic mass is 16.6. The quantitative estimate of drug-likeness (QED) is 0.877. The number of nitrogens with zero attached hydrogens (tertiary/aromatic N) is 2. The van der Waals surface area contributed by atoms with Gasteiger partial charge in [-0.2, -0.15) is 0 Å². The second-order valence-electron chi connectivity index (χ2n) is 8.26. The fraction of sp³-hybridized carbons (Fsp3) is 0.700. The summed E-state index contributed by atoms with van der Waals surface area (Å²) in [6.07, 6.45) is 6.78. The van der Waals surface area contributed by atoms with Crippen LogP contribution in [0, 0.1) is 12.3 Å². The number of hydrogen-bond donors (Lipinski definition) is 1. The summed E-state index contributed by atoms with van der Waals surface area (Å²) >= 11 is 0. The average molecular weight is 348 g/mol. The second-order valence-corrected chi connectivity index (χ2v) is 8.26. The van der Waals surface area contributed by atoms with Crippen LogP contribution in [-0.4, -0.2) is 41.2 Å². The van der Waals surface area contributed by atoms with Gasteiger partial charge < -0.3 is 15.0 Å². The molecule has 2 heterocycles. The van der Waals surface area contributed by atoms with Gasteiger partial charge >= 0.3 is 6.09 Å². The number of rotatable bonds is 5. The normalized spacial score (nSPS) is 21.2. The van der Waals surface area contributed by atoms with Crippen LogP contribution in [0.3, 0.4) is 0 Å². The molecular formula is C20H33N3O2. The summed E-state index contributed by atoms with van der Waals surface area (Å²) in [4.78, 5) is 18.5. The molecule has 1 aromatic heterocycles. The zero-order chi connectivity index (χ0) is 18.5. The van der Waals surface area contributed by atoms with Gasteiger partial charge in [-0.3, -0.25) is 4.98 Å². The minimum Gasteiger partial charge on any atom is -0.444 e. The van der Waals surface area contributed by atoms with Crippen molar-refractivity contribution in [1.29, 1.82) is 0 Å². The van der Waals surface area contributed by atoms with Gasteiger partial charge in [-0.15, -0.1) is 0 Å². The number of hydrogen-bond acceptors (Lipinski definition) is 4. The van der Waals surface area contributed by atoms with E-state index in [0.29, 0.717) is 0 Å². The Labute approximate surface area is 152 Å². The molecule has 0 radical (unpaired) electrons. The largest absolute Gasteiger partial charge is 0.444 e. The lowest BCUT2D eigenvalue weighted by molar-refractivity contribution is 0.00332. The highest BCUT2D eigenvalue weighted by Crippen LogP contribution is 2.33. The molecule has 1 atom stereocenters. The van der Waals surface area contributed by atoms with Gasteiger partial charge in [-0.1, -0.05) is 6.92 Å². The molecule has 0 spiro atoms. The summed E-state index contributed by atoms with van der Waals surface area (Å²) < 4.78 is 5.56. The molecule has 0 bridgehead atoms. The van der Waals surface area contributed by atoms with Crippen molar-refractivity contribution in [3.8, 4) is 0 Å². The van der Waals surface area contributed by atoms with E-state index < -0.39 is 5.60 Å². The third-order valence-corrected chi connectivity index (χ3v) is 5.03. The Hall–Kier alpha value is -1.62. The minimum absolute atomic E-state index is 0.116. The van der Waals surface area contributed by atoms with E-state index in [9.17, 15) is 4.79 Å². The van der Waals surface area contributed by atoms with Crippen molar-refractivity contribution in [2.24, 2.45) is 5.41 Å². The van der Waals surface area contributed by atoms with E-state index in [1.165, 1.54) is 11.1 Å². The third kappa shape index (κ3) is 5.70. The van der Waals surface area contributed by atoms with Crippen molar-refractivity contribution in [3.63, 3.8) is 0 Å². The molecule has 0 saturated carbocycles. The van der Waals surface area contributed by atoms with E-state index in [2.05, 4.69) is 24.1 Å². The van der Waals surface area contributed by atoms with Crippen LogP contribution in [0.2, 0.25) is 0 Å². The number of ether oxygens (including phenoxy) is 1. The molecule has 0 aliphatic carbocycles. The predicted octanol–water partition coefficient (Wildman–Crippen LogP) is 3.91. The third-order valence-electron chi connectivity index (χ3n) is 5.03. The van der Waals surface area contributed by atoms with Gasteiger partial charge in [0.05, 0.1) is 0 Å². The summed E-state index contributed by atoms with van der Waals surface area (Å²) in [5.41, 5.74) is 2.16. The highest BCUT2D eigenvalue weighted by molar-refractivity contribution is 5.68. The minimum atomic E-state index is -0.445.